The molecule has 0 saturated heterocycles. The van der Waals surface area contributed by atoms with E-state index < -0.39 is 0 Å². The number of rotatable bonds is 3. The molecule has 1 aromatic heterocycles. The summed E-state index contributed by atoms with van der Waals surface area (Å²) >= 11 is 6.92. The first-order chi connectivity index (χ1) is 8.60. The van der Waals surface area contributed by atoms with Crippen LogP contribution in [0.1, 0.15) is 0 Å². The molecule has 0 spiro atoms. The van der Waals surface area contributed by atoms with Crippen LogP contribution in [0, 0.1) is 0 Å². The fraction of sp³-hybridized carbons (Fsp3) is 0.182. The lowest BCUT2D eigenvalue weighted by Crippen LogP contribution is -2.10. The Morgan fingerprint density at radius 1 is 1.56 bits per heavy atom. The van der Waals surface area contributed by atoms with E-state index in [4.69, 9.17) is 11.6 Å². The van der Waals surface area contributed by atoms with Crippen LogP contribution in [-0.2, 0) is 9.53 Å². The average Bonchev–Trinajstić information content (AvgIpc) is 2.37. The number of ether oxygens (including phenoxy) is 1. The zero-order valence-electron chi connectivity index (χ0n) is 9.40. The molecule has 1 N–H and O–H groups in total. The maximum atomic E-state index is 11.8. The number of H-pyrrole nitrogens is 1. The molecule has 2 aromatic rings. The third-order valence-corrected chi connectivity index (χ3v) is 3.28. The summed E-state index contributed by atoms with van der Waals surface area (Å²) in [5.41, 5.74) is 0.255. The number of thioether (sulfide) groups is 1. The molecular weight excluding hydrogens is 276 g/mol. The Kier molecular flexibility index (Phi) is 3.88. The van der Waals surface area contributed by atoms with E-state index in [2.05, 4.69) is 14.7 Å². The van der Waals surface area contributed by atoms with Gasteiger partial charge in [0.25, 0.3) is 5.56 Å². The maximum Gasteiger partial charge on any atom is 0.316 e. The Morgan fingerprint density at radius 2 is 2.33 bits per heavy atom. The predicted octanol–water partition coefficient (Wildman–Crippen LogP) is 1.84. The van der Waals surface area contributed by atoms with Gasteiger partial charge in [0.05, 0.1) is 23.8 Å². The molecule has 94 valence electrons. The Hall–Kier alpha value is -1.53. The second-order valence-corrected chi connectivity index (χ2v) is 4.80. The molecule has 0 aliphatic carbocycles. The molecule has 0 aliphatic heterocycles. The molecule has 7 heteroatoms. The molecule has 0 fully saturated rings. The highest BCUT2D eigenvalue weighted by Gasteiger charge is 2.07. The third-order valence-electron chi connectivity index (χ3n) is 2.20. The minimum atomic E-state index is -0.376. The minimum Gasteiger partial charge on any atom is -0.468 e. The molecule has 1 heterocycles. The number of methoxy groups -OCH3 is 1. The smallest absolute Gasteiger partial charge is 0.316 e. The minimum absolute atomic E-state index is 0.0958. The van der Waals surface area contributed by atoms with Crippen LogP contribution in [0.15, 0.2) is 28.2 Å². The summed E-state index contributed by atoms with van der Waals surface area (Å²) < 4.78 is 4.51. The molecule has 0 bridgehead atoms. The number of aromatic nitrogens is 2. The fourth-order valence-corrected chi connectivity index (χ4v) is 2.22. The Bertz CT molecular complexity index is 656. The van der Waals surface area contributed by atoms with Gasteiger partial charge >= 0.3 is 5.97 Å². The molecule has 5 nitrogen and oxygen atoms in total. The molecule has 1 aromatic carbocycles. The average molecular weight is 285 g/mol. The number of aromatic amines is 1. The van der Waals surface area contributed by atoms with Gasteiger partial charge in [-0.2, -0.15) is 0 Å². The number of hydrogen-bond acceptors (Lipinski definition) is 5. The van der Waals surface area contributed by atoms with E-state index >= 15 is 0 Å². The summed E-state index contributed by atoms with van der Waals surface area (Å²) in [6.45, 7) is 0. The van der Waals surface area contributed by atoms with Crippen molar-refractivity contribution in [3.63, 3.8) is 0 Å². The zero-order chi connectivity index (χ0) is 13.1. The standard InChI is InChI=1S/C11H9ClN2O3S/c1-17-9(15)5-18-11-13-8-3-2-6(12)4-7(8)10(16)14-11/h2-4H,5H2,1H3,(H,13,14,16). The van der Waals surface area contributed by atoms with Gasteiger partial charge in [0.15, 0.2) is 5.16 Å². The van der Waals surface area contributed by atoms with E-state index in [1.807, 2.05) is 0 Å². The van der Waals surface area contributed by atoms with Crippen molar-refractivity contribution in [2.45, 2.75) is 5.16 Å². The van der Waals surface area contributed by atoms with Gasteiger partial charge < -0.3 is 9.72 Å². The molecule has 18 heavy (non-hydrogen) atoms. The first kappa shape index (κ1) is 12.9. The van der Waals surface area contributed by atoms with Gasteiger partial charge in [-0.15, -0.1) is 0 Å². The van der Waals surface area contributed by atoms with Crippen molar-refractivity contribution in [1.82, 2.24) is 9.97 Å². The topological polar surface area (TPSA) is 72.0 Å². The lowest BCUT2D eigenvalue weighted by atomic mass is 10.2. The summed E-state index contributed by atoms with van der Waals surface area (Å²) in [6, 6.07) is 4.87. The number of hydrogen-bond donors (Lipinski definition) is 1. The number of nitrogens with one attached hydrogen (secondary N) is 1. The quantitative estimate of drug-likeness (QED) is 0.529. The number of carbonyl (C=O) groups excluding carboxylic acids is 1. The van der Waals surface area contributed by atoms with E-state index in [1.54, 1.807) is 18.2 Å². The highest BCUT2D eigenvalue weighted by atomic mass is 35.5. The number of fused-ring (bicyclic) bond motifs is 1. The summed E-state index contributed by atoms with van der Waals surface area (Å²) in [5.74, 6) is -0.280. The van der Waals surface area contributed by atoms with Crippen molar-refractivity contribution in [2.75, 3.05) is 12.9 Å². The normalized spacial score (nSPS) is 10.6. The number of halogens is 1. The SMILES string of the molecule is COC(=O)CSc1nc2ccc(Cl)cc2c(=O)[nH]1. The van der Waals surface area contributed by atoms with Crippen molar-refractivity contribution >= 4 is 40.2 Å². The van der Waals surface area contributed by atoms with Gasteiger partial charge in [-0.3, -0.25) is 9.59 Å². The van der Waals surface area contributed by atoms with E-state index in [1.165, 1.54) is 7.11 Å². The first-order valence-electron chi connectivity index (χ1n) is 4.99. The number of nitrogens with zero attached hydrogens (tertiary/aromatic N) is 1. The number of esters is 1. The van der Waals surface area contributed by atoms with Crippen LogP contribution in [0.3, 0.4) is 0 Å². The van der Waals surface area contributed by atoms with Gasteiger partial charge in [0.2, 0.25) is 0 Å². The molecule has 2 rings (SSSR count). The van der Waals surface area contributed by atoms with Crippen molar-refractivity contribution in [1.29, 1.82) is 0 Å². The molecule has 0 saturated carbocycles. The first-order valence-corrected chi connectivity index (χ1v) is 6.35. The lowest BCUT2D eigenvalue weighted by Gasteiger charge is -2.02. The van der Waals surface area contributed by atoms with Crippen LogP contribution in [0.4, 0.5) is 0 Å². The van der Waals surface area contributed by atoms with Crippen LogP contribution in [0.5, 0.6) is 0 Å². The van der Waals surface area contributed by atoms with E-state index in [0.717, 1.165) is 11.8 Å². The van der Waals surface area contributed by atoms with Gasteiger partial charge in [-0.1, -0.05) is 23.4 Å². The summed E-state index contributed by atoms with van der Waals surface area (Å²) in [6.07, 6.45) is 0. The summed E-state index contributed by atoms with van der Waals surface area (Å²) in [4.78, 5) is 29.6. The van der Waals surface area contributed by atoms with Crippen LogP contribution < -0.4 is 5.56 Å². The molecule has 0 radical (unpaired) electrons. The number of carbonyl (C=O) groups is 1. The lowest BCUT2D eigenvalue weighted by molar-refractivity contribution is -0.137. The maximum absolute atomic E-state index is 11.8. The predicted molar refractivity (Wildman–Crippen MR) is 70.1 cm³/mol. The summed E-state index contributed by atoms with van der Waals surface area (Å²) in [5, 5.41) is 1.27. The van der Waals surface area contributed by atoms with Crippen LogP contribution in [0.2, 0.25) is 5.02 Å². The molecule has 0 aliphatic rings. The van der Waals surface area contributed by atoms with E-state index in [-0.39, 0.29) is 17.3 Å². The summed E-state index contributed by atoms with van der Waals surface area (Å²) in [7, 11) is 1.31. The molecular formula is C11H9ClN2O3S. The molecule has 0 atom stereocenters. The van der Waals surface area contributed by atoms with Crippen LogP contribution >= 0.6 is 23.4 Å². The van der Waals surface area contributed by atoms with Gasteiger partial charge in [0.1, 0.15) is 0 Å². The van der Waals surface area contributed by atoms with Gasteiger partial charge in [-0.25, -0.2) is 4.98 Å². The fourth-order valence-electron chi connectivity index (χ4n) is 1.34. The monoisotopic (exact) mass is 284 g/mol. The third kappa shape index (κ3) is 2.83. The Balaban J connectivity index is 2.34. The largest absolute Gasteiger partial charge is 0.468 e. The second-order valence-electron chi connectivity index (χ2n) is 3.40. The van der Waals surface area contributed by atoms with E-state index in [0.29, 0.717) is 21.1 Å². The highest BCUT2D eigenvalue weighted by Crippen LogP contribution is 2.18. The van der Waals surface area contributed by atoms with Gasteiger partial charge in [-0.05, 0) is 18.2 Å². The zero-order valence-corrected chi connectivity index (χ0v) is 11.0. The van der Waals surface area contributed by atoms with Crippen molar-refractivity contribution < 1.29 is 9.53 Å². The van der Waals surface area contributed by atoms with Crippen molar-refractivity contribution in [3.8, 4) is 0 Å². The van der Waals surface area contributed by atoms with Crippen LogP contribution in [0.25, 0.3) is 10.9 Å². The van der Waals surface area contributed by atoms with Gasteiger partial charge in [0, 0.05) is 5.02 Å². The van der Waals surface area contributed by atoms with Crippen molar-refractivity contribution in [3.05, 3.63) is 33.6 Å². The molecule has 0 unspecified atom stereocenters. The van der Waals surface area contributed by atoms with Crippen LogP contribution in [-0.4, -0.2) is 28.8 Å². The second kappa shape index (κ2) is 5.41. The van der Waals surface area contributed by atoms with Crippen molar-refractivity contribution in [2.24, 2.45) is 0 Å². The highest BCUT2D eigenvalue weighted by molar-refractivity contribution is 7.99. The Morgan fingerprint density at radius 3 is 3.06 bits per heavy atom. The van der Waals surface area contributed by atoms with E-state index in [9.17, 15) is 9.59 Å². The molecule has 0 amide bonds. The Labute approximate surface area is 112 Å². The number of benzene rings is 1.